The lowest BCUT2D eigenvalue weighted by atomic mass is 9.95. The van der Waals surface area contributed by atoms with Crippen LogP contribution in [0, 0.1) is 3.57 Å². The second-order valence-electron chi connectivity index (χ2n) is 4.43. The van der Waals surface area contributed by atoms with Crippen molar-refractivity contribution in [1.82, 2.24) is 5.32 Å². The molecule has 0 aromatic heterocycles. The van der Waals surface area contributed by atoms with Gasteiger partial charge in [-0.05, 0) is 60.6 Å². The second kappa shape index (κ2) is 6.96. The van der Waals surface area contributed by atoms with Crippen molar-refractivity contribution < 1.29 is 4.79 Å². The number of nitrogens with one attached hydrogen (secondary N) is 1. The fraction of sp³-hybridized carbons (Fsp3) is 0.462. The van der Waals surface area contributed by atoms with E-state index in [0.29, 0.717) is 16.5 Å². The first-order valence-corrected chi connectivity index (χ1v) is 7.74. The number of alkyl halides is 1. The summed E-state index contributed by atoms with van der Waals surface area (Å²) in [5, 5.41) is 3.61. The molecular weight excluding hydrogens is 384 g/mol. The van der Waals surface area contributed by atoms with Gasteiger partial charge < -0.3 is 5.32 Å². The van der Waals surface area contributed by atoms with Gasteiger partial charge in [0.1, 0.15) is 0 Å². The summed E-state index contributed by atoms with van der Waals surface area (Å²) in [6.45, 7) is 4.04. The van der Waals surface area contributed by atoms with Gasteiger partial charge in [0.25, 0.3) is 5.91 Å². The zero-order valence-electron chi connectivity index (χ0n) is 10.4. The SMILES string of the molecule is CCC(C)(CCCl)NC(=O)c1cc(Cl)ccc1I. The highest BCUT2D eigenvalue weighted by Gasteiger charge is 2.25. The Bertz CT molecular complexity index is 439. The predicted octanol–water partition coefficient (Wildman–Crippen LogP) is 4.47. The largest absolute Gasteiger partial charge is 0.347 e. The molecule has 0 spiro atoms. The van der Waals surface area contributed by atoms with Crippen LogP contribution >= 0.6 is 45.8 Å². The fourth-order valence-electron chi connectivity index (χ4n) is 1.55. The van der Waals surface area contributed by atoms with Gasteiger partial charge in [-0.1, -0.05) is 18.5 Å². The number of carbonyl (C=O) groups excluding carboxylic acids is 1. The molecule has 1 N–H and O–H groups in total. The predicted molar refractivity (Wildman–Crippen MR) is 85.7 cm³/mol. The maximum atomic E-state index is 12.2. The standard InChI is InChI=1S/C13H16Cl2INO/c1-3-13(2,6-7-14)17-12(18)10-8-9(15)4-5-11(10)16/h4-5,8H,3,6-7H2,1-2H3,(H,17,18). The molecule has 1 rings (SSSR count). The van der Waals surface area contributed by atoms with Crippen molar-refractivity contribution in [2.24, 2.45) is 0 Å². The highest BCUT2D eigenvalue weighted by Crippen LogP contribution is 2.21. The second-order valence-corrected chi connectivity index (χ2v) is 6.41. The van der Waals surface area contributed by atoms with Gasteiger partial charge in [0.05, 0.1) is 5.56 Å². The molecule has 1 aromatic carbocycles. The quantitative estimate of drug-likeness (QED) is 0.574. The van der Waals surface area contributed by atoms with E-state index in [1.807, 2.05) is 19.9 Å². The summed E-state index contributed by atoms with van der Waals surface area (Å²) in [7, 11) is 0. The summed E-state index contributed by atoms with van der Waals surface area (Å²) in [6.07, 6.45) is 1.58. The Kier molecular flexibility index (Phi) is 6.21. The lowest BCUT2D eigenvalue weighted by Crippen LogP contribution is -2.46. The number of benzene rings is 1. The smallest absolute Gasteiger partial charge is 0.252 e. The van der Waals surface area contributed by atoms with Gasteiger partial charge in [-0.25, -0.2) is 0 Å². The van der Waals surface area contributed by atoms with Crippen LogP contribution in [0.1, 0.15) is 37.0 Å². The summed E-state index contributed by atoms with van der Waals surface area (Å²) < 4.78 is 0.888. The molecule has 2 nitrogen and oxygen atoms in total. The summed E-state index contributed by atoms with van der Waals surface area (Å²) in [5.74, 6) is 0.424. The van der Waals surface area contributed by atoms with Crippen LogP contribution in [0.15, 0.2) is 18.2 Å². The van der Waals surface area contributed by atoms with Crippen LogP contribution in [0.25, 0.3) is 0 Å². The van der Waals surface area contributed by atoms with E-state index in [-0.39, 0.29) is 11.4 Å². The maximum Gasteiger partial charge on any atom is 0.252 e. The Morgan fingerprint density at radius 2 is 2.17 bits per heavy atom. The van der Waals surface area contributed by atoms with Crippen LogP contribution in [0.4, 0.5) is 0 Å². The van der Waals surface area contributed by atoms with Gasteiger partial charge in [0.2, 0.25) is 0 Å². The normalized spacial score (nSPS) is 14.1. The van der Waals surface area contributed by atoms with E-state index in [0.717, 1.165) is 16.4 Å². The molecule has 18 heavy (non-hydrogen) atoms. The number of amides is 1. The van der Waals surface area contributed by atoms with Gasteiger partial charge in [-0.15, -0.1) is 11.6 Å². The average Bonchev–Trinajstić information content (AvgIpc) is 2.32. The molecule has 5 heteroatoms. The number of hydrogen-bond acceptors (Lipinski definition) is 1. The van der Waals surface area contributed by atoms with Crippen molar-refractivity contribution in [3.63, 3.8) is 0 Å². The lowest BCUT2D eigenvalue weighted by molar-refractivity contribution is 0.0900. The third kappa shape index (κ3) is 4.28. The zero-order chi connectivity index (χ0) is 13.8. The molecule has 1 aromatic rings. The highest BCUT2D eigenvalue weighted by atomic mass is 127. The van der Waals surface area contributed by atoms with E-state index in [1.54, 1.807) is 12.1 Å². The van der Waals surface area contributed by atoms with Crippen LogP contribution in [-0.4, -0.2) is 17.3 Å². The van der Waals surface area contributed by atoms with Gasteiger partial charge in [0.15, 0.2) is 0 Å². The summed E-state index contributed by atoms with van der Waals surface area (Å²) >= 11 is 13.8. The molecule has 0 aliphatic rings. The van der Waals surface area contributed by atoms with E-state index in [4.69, 9.17) is 23.2 Å². The van der Waals surface area contributed by atoms with Crippen molar-refractivity contribution in [2.45, 2.75) is 32.2 Å². The van der Waals surface area contributed by atoms with Crippen LogP contribution in [-0.2, 0) is 0 Å². The minimum absolute atomic E-state index is 0.101. The monoisotopic (exact) mass is 399 g/mol. The van der Waals surface area contributed by atoms with Crippen LogP contribution in [0.5, 0.6) is 0 Å². The Hall–Kier alpha value is -0.000000000000000111. The van der Waals surface area contributed by atoms with E-state index in [2.05, 4.69) is 27.9 Å². The van der Waals surface area contributed by atoms with Crippen molar-refractivity contribution in [3.8, 4) is 0 Å². The van der Waals surface area contributed by atoms with E-state index < -0.39 is 0 Å². The van der Waals surface area contributed by atoms with E-state index >= 15 is 0 Å². The van der Waals surface area contributed by atoms with E-state index in [9.17, 15) is 4.79 Å². The van der Waals surface area contributed by atoms with Crippen molar-refractivity contribution in [2.75, 3.05) is 5.88 Å². The molecular formula is C13H16Cl2INO. The summed E-state index contributed by atoms with van der Waals surface area (Å²) in [4.78, 5) is 12.2. The molecule has 0 bridgehead atoms. The minimum Gasteiger partial charge on any atom is -0.347 e. The Morgan fingerprint density at radius 1 is 1.50 bits per heavy atom. The molecule has 0 fully saturated rings. The van der Waals surface area contributed by atoms with Crippen LogP contribution in [0.2, 0.25) is 5.02 Å². The topological polar surface area (TPSA) is 29.1 Å². The number of hydrogen-bond donors (Lipinski definition) is 1. The third-order valence-corrected chi connectivity index (χ3v) is 4.38. The van der Waals surface area contributed by atoms with Gasteiger partial charge in [-0.2, -0.15) is 0 Å². The lowest BCUT2D eigenvalue weighted by Gasteiger charge is -2.29. The Balaban J connectivity index is 2.90. The molecule has 0 saturated carbocycles. The number of halogens is 3. The average molecular weight is 400 g/mol. The van der Waals surface area contributed by atoms with Crippen molar-refractivity contribution in [3.05, 3.63) is 32.4 Å². The zero-order valence-corrected chi connectivity index (χ0v) is 14.1. The molecule has 0 saturated heterocycles. The summed E-state index contributed by atoms with van der Waals surface area (Å²) in [5.41, 5.74) is 0.335. The first-order chi connectivity index (χ1) is 8.41. The molecule has 0 radical (unpaired) electrons. The number of rotatable bonds is 5. The third-order valence-electron chi connectivity index (χ3n) is 3.01. The first kappa shape index (κ1) is 16.1. The molecule has 0 aliphatic carbocycles. The number of carbonyl (C=O) groups is 1. The van der Waals surface area contributed by atoms with E-state index in [1.165, 1.54) is 0 Å². The molecule has 1 unspecified atom stereocenters. The molecule has 100 valence electrons. The van der Waals surface area contributed by atoms with Gasteiger partial charge in [-0.3, -0.25) is 4.79 Å². The summed E-state index contributed by atoms with van der Waals surface area (Å²) in [6, 6.07) is 5.30. The fourth-order valence-corrected chi connectivity index (χ4v) is 2.72. The minimum atomic E-state index is -0.274. The van der Waals surface area contributed by atoms with Crippen LogP contribution < -0.4 is 5.32 Å². The van der Waals surface area contributed by atoms with Crippen molar-refractivity contribution >= 4 is 51.7 Å². The molecule has 0 aliphatic heterocycles. The van der Waals surface area contributed by atoms with Gasteiger partial charge in [0, 0.05) is 20.0 Å². The first-order valence-electron chi connectivity index (χ1n) is 5.75. The Labute approximate surface area is 132 Å². The maximum absolute atomic E-state index is 12.2. The highest BCUT2D eigenvalue weighted by molar-refractivity contribution is 14.1. The Morgan fingerprint density at radius 3 is 2.72 bits per heavy atom. The van der Waals surface area contributed by atoms with Crippen LogP contribution in [0.3, 0.4) is 0 Å². The van der Waals surface area contributed by atoms with Crippen molar-refractivity contribution in [1.29, 1.82) is 0 Å². The van der Waals surface area contributed by atoms with Gasteiger partial charge >= 0.3 is 0 Å². The molecule has 0 heterocycles. The molecule has 1 atom stereocenters. The molecule has 1 amide bonds.